The number of amides is 1. The first-order valence-corrected chi connectivity index (χ1v) is 8.41. The van der Waals surface area contributed by atoms with Gasteiger partial charge in [-0.1, -0.05) is 30.7 Å². The van der Waals surface area contributed by atoms with Crippen molar-refractivity contribution in [3.63, 3.8) is 0 Å². The van der Waals surface area contributed by atoms with Crippen LogP contribution in [0.15, 0.2) is 48.5 Å². The summed E-state index contributed by atoms with van der Waals surface area (Å²) < 4.78 is 5.81. The fourth-order valence-electron chi connectivity index (χ4n) is 3.08. The Morgan fingerprint density at radius 1 is 1.16 bits per heavy atom. The molecule has 0 heterocycles. The highest BCUT2D eigenvalue weighted by atomic mass is 16.5. The highest BCUT2D eigenvalue weighted by molar-refractivity contribution is 5.97. The van der Waals surface area contributed by atoms with Crippen molar-refractivity contribution in [3.05, 3.63) is 59.7 Å². The molecule has 2 aromatic rings. The van der Waals surface area contributed by atoms with Crippen LogP contribution in [0, 0.1) is 17.2 Å². The molecule has 1 amide bonds. The molecule has 1 aliphatic rings. The maximum absolute atomic E-state index is 12.5. The van der Waals surface area contributed by atoms with Crippen LogP contribution in [0.4, 0.5) is 0 Å². The largest absolute Gasteiger partial charge is 0.455 e. The second-order valence-corrected chi connectivity index (χ2v) is 6.17. The molecule has 3 rings (SSSR count). The molecule has 128 valence electrons. The molecule has 2 N–H and O–H groups in total. The van der Waals surface area contributed by atoms with Gasteiger partial charge in [-0.05, 0) is 37.1 Å². The van der Waals surface area contributed by atoms with E-state index in [9.17, 15) is 15.2 Å². The van der Waals surface area contributed by atoms with E-state index in [-0.39, 0.29) is 17.9 Å². The molecule has 1 fully saturated rings. The van der Waals surface area contributed by atoms with Crippen LogP contribution < -0.4 is 10.1 Å². The van der Waals surface area contributed by atoms with E-state index in [0.717, 1.165) is 19.3 Å². The van der Waals surface area contributed by atoms with Crippen molar-refractivity contribution in [2.75, 3.05) is 6.54 Å². The molecule has 2 atom stereocenters. The number of hydrogen-bond donors (Lipinski definition) is 2. The van der Waals surface area contributed by atoms with Crippen molar-refractivity contribution < 1.29 is 14.6 Å². The van der Waals surface area contributed by atoms with E-state index in [2.05, 4.69) is 11.4 Å². The van der Waals surface area contributed by atoms with E-state index < -0.39 is 0 Å². The zero-order valence-corrected chi connectivity index (χ0v) is 13.8. The van der Waals surface area contributed by atoms with Gasteiger partial charge in [-0.25, -0.2) is 0 Å². The Labute approximate surface area is 146 Å². The molecule has 1 aliphatic carbocycles. The van der Waals surface area contributed by atoms with Crippen LogP contribution >= 0.6 is 0 Å². The van der Waals surface area contributed by atoms with Crippen molar-refractivity contribution in [2.45, 2.75) is 25.4 Å². The van der Waals surface area contributed by atoms with Crippen LogP contribution in [-0.4, -0.2) is 23.7 Å². The zero-order valence-electron chi connectivity index (χ0n) is 13.8. The van der Waals surface area contributed by atoms with E-state index in [1.807, 2.05) is 0 Å². The molecule has 0 radical (unpaired) electrons. The molecule has 0 bridgehead atoms. The first-order valence-electron chi connectivity index (χ1n) is 8.41. The van der Waals surface area contributed by atoms with Crippen LogP contribution in [0.5, 0.6) is 11.5 Å². The van der Waals surface area contributed by atoms with E-state index in [1.165, 1.54) is 0 Å². The minimum atomic E-state index is -0.339. The number of nitrogens with zero attached hydrogens (tertiary/aromatic N) is 1. The summed E-state index contributed by atoms with van der Waals surface area (Å²) in [6, 6.07) is 15.9. The molecular weight excluding hydrogens is 316 g/mol. The zero-order chi connectivity index (χ0) is 17.6. The van der Waals surface area contributed by atoms with Crippen LogP contribution in [0.1, 0.15) is 35.2 Å². The Kier molecular flexibility index (Phi) is 5.32. The Bertz CT molecular complexity index is 798. The number of para-hydroxylation sites is 2. The number of aliphatic hydroxyl groups excluding tert-OH is 1. The monoisotopic (exact) mass is 336 g/mol. The minimum absolute atomic E-state index is 0.108. The fourth-order valence-corrected chi connectivity index (χ4v) is 3.08. The van der Waals surface area contributed by atoms with Gasteiger partial charge in [0.1, 0.15) is 17.6 Å². The van der Waals surface area contributed by atoms with Gasteiger partial charge >= 0.3 is 0 Å². The van der Waals surface area contributed by atoms with Crippen molar-refractivity contribution in [3.8, 4) is 17.6 Å². The van der Waals surface area contributed by atoms with Gasteiger partial charge in [0.05, 0.1) is 17.2 Å². The van der Waals surface area contributed by atoms with Gasteiger partial charge in [0.25, 0.3) is 5.91 Å². The average molecular weight is 336 g/mol. The summed E-state index contributed by atoms with van der Waals surface area (Å²) in [5.74, 6) is 0.673. The van der Waals surface area contributed by atoms with Gasteiger partial charge < -0.3 is 15.2 Å². The van der Waals surface area contributed by atoms with Crippen molar-refractivity contribution in [1.82, 2.24) is 5.32 Å². The summed E-state index contributed by atoms with van der Waals surface area (Å²) in [5.41, 5.74) is 0.814. The number of carbonyl (C=O) groups is 1. The van der Waals surface area contributed by atoms with E-state index >= 15 is 0 Å². The van der Waals surface area contributed by atoms with Gasteiger partial charge in [-0.3, -0.25) is 4.79 Å². The lowest BCUT2D eigenvalue weighted by Gasteiger charge is -2.16. The summed E-state index contributed by atoms with van der Waals surface area (Å²) in [6.07, 6.45) is 2.38. The first kappa shape index (κ1) is 17.0. The van der Waals surface area contributed by atoms with Gasteiger partial charge in [0, 0.05) is 12.5 Å². The lowest BCUT2D eigenvalue weighted by Crippen LogP contribution is -2.32. The quantitative estimate of drug-likeness (QED) is 0.878. The molecule has 5 heteroatoms. The lowest BCUT2D eigenvalue weighted by molar-refractivity contribution is 0.0914. The summed E-state index contributed by atoms with van der Waals surface area (Å²) in [5, 5.41) is 21.9. The van der Waals surface area contributed by atoms with Gasteiger partial charge in [0.2, 0.25) is 0 Å². The molecule has 1 saturated carbocycles. The molecule has 5 nitrogen and oxygen atoms in total. The van der Waals surface area contributed by atoms with E-state index in [0.29, 0.717) is 29.2 Å². The number of ether oxygens (including phenoxy) is 1. The maximum Gasteiger partial charge on any atom is 0.255 e. The molecule has 0 spiro atoms. The van der Waals surface area contributed by atoms with Gasteiger partial charge in [-0.15, -0.1) is 0 Å². The third-order valence-electron chi connectivity index (χ3n) is 4.50. The Morgan fingerprint density at radius 3 is 2.60 bits per heavy atom. The lowest BCUT2D eigenvalue weighted by atomic mass is 10.1. The van der Waals surface area contributed by atoms with Gasteiger partial charge in [0.15, 0.2) is 0 Å². The predicted octanol–water partition coefficient (Wildman–Crippen LogP) is 3.24. The fraction of sp³-hybridized carbons (Fsp3) is 0.300. The summed E-state index contributed by atoms with van der Waals surface area (Å²) in [7, 11) is 0. The summed E-state index contributed by atoms with van der Waals surface area (Å²) in [4.78, 5) is 12.5. The normalized spacial score (nSPS) is 19.2. The smallest absolute Gasteiger partial charge is 0.255 e. The summed E-state index contributed by atoms with van der Waals surface area (Å²) in [6.45, 7) is 0.448. The van der Waals surface area contributed by atoms with Crippen LogP contribution in [0.3, 0.4) is 0 Å². The number of nitrogens with one attached hydrogen (secondary N) is 1. The second-order valence-electron chi connectivity index (χ2n) is 6.17. The first-order chi connectivity index (χ1) is 12.2. The summed E-state index contributed by atoms with van der Waals surface area (Å²) >= 11 is 0. The molecule has 2 unspecified atom stereocenters. The standard InChI is InChI=1S/C20H20N2O3/c21-12-14-6-1-3-10-18(14)25-19-11-4-2-8-16(19)20(24)22-13-15-7-5-9-17(15)23/h1-4,6,8,10-11,15,17,23H,5,7,9,13H2,(H,22,24). The molecular formula is C20H20N2O3. The SMILES string of the molecule is N#Cc1ccccc1Oc1ccccc1C(=O)NCC1CCCC1O. The molecule has 0 saturated heterocycles. The van der Waals surface area contributed by atoms with Crippen LogP contribution in [-0.2, 0) is 0 Å². The predicted molar refractivity (Wildman–Crippen MR) is 93.4 cm³/mol. The number of carbonyl (C=O) groups excluding carboxylic acids is 1. The number of nitriles is 1. The van der Waals surface area contributed by atoms with Gasteiger partial charge in [-0.2, -0.15) is 5.26 Å². The Hall–Kier alpha value is -2.84. The average Bonchev–Trinajstić information content (AvgIpc) is 3.05. The maximum atomic E-state index is 12.5. The topological polar surface area (TPSA) is 82.3 Å². The van der Waals surface area contributed by atoms with Crippen molar-refractivity contribution in [2.24, 2.45) is 5.92 Å². The Morgan fingerprint density at radius 2 is 1.88 bits per heavy atom. The number of benzene rings is 2. The number of aliphatic hydroxyl groups is 1. The van der Waals surface area contributed by atoms with Crippen LogP contribution in [0.25, 0.3) is 0 Å². The van der Waals surface area contributed by atoms with Crippen molar-refractivity contribution >= 4 is 5.91 Å². The number of hydrogen-bond acceptors (Lipinski definition) is 4. The van der Waals surface area contributed by atoms with Crippen molar-refractivity contribution in [1.29, 1.82) is 5.26 Å². The minimum Gasteiger partial charge on any atom is -0.455 e. The highest BCUT2D eigenvalue weighted by Gasteiger charge is 2.26. The Balaban J connectivity index is 1.74. The molecule has 0 aliphatic heterocycles. The number of rotatable bonds is 5. The van der Waals surface area contributed by atoms with E-state index in [1.54, 1.807) is 48.5 Å². The van der Waals surface area contributed by atoms with Crippen LogP contribution in [0.2, 0.25) is 0 Å². The molecule has 0 aromatic heterocycles. The molecule has 2 aromatic carbocycles. The third kappa shape index (κ3) is 3.98. The molecule has 25 heavy (non-hydrogen) atoms. The van der Waals surface area contributed by atoms with E-state index in [4.69, 9.17) is 4.74 Å². The second kappa shape index (κ2) is 7.82. The highest BCUT2D eigenvalue weighted by Crippen LogP contribution is 2.28. The third-order valence-corrected chi connectivity index (χ3v) is 4.50.